The molecule has 2 aromatic rings. The third-order valence-electron chi connectivity index (χ3n) is 4.54. The topological polar surface area (TPSA) is 83.3 Å². The average Bonchev–Trinajstić information content (AvgIpc) is 3.09. The number of aliphatic hydroxyl groups excluding tert-OH is 1. The molecule has 1 aromatic heterocycles. The first kappa shape index (κ1) is 18.7. The number of aryl methyl sites for hydroxylation is 1. The highest BCUT2D eigenvalue weighted by atomic mass is 35.5. The minimum Gasteiger partial charge on any atom is -0.396 e. The monoisotopic (exact) mass is 377 g/mol. The standard InChI is InChI=1S/C18H24ClN5O2/c19-16-7-1-2-8-17(16)20-18(26)23-9-3-5-14(11-23)12-24-13-15(21-22-24)6-4-10-25/h1-2,7-8,13-14,25H,3-6,9-12H2,(H,20,26)/t14-/m1/s1. The van der Waals surface area contributed by atoms with Crippen molar-refractivity contribution in [2.75, 3.05) is 25.0 Å². The van der Waals surface area contributed by atoms with Crippen molar-refractivity contribution < 1.29 is 9.90 Å². The van der Waals surface area contributed by atoms with Crippen LogP contribution in [0, 0.1) is 5.92 Å². The van der Waals surface area contributed by atoms with Gasteiger partial charge in [-0.15, -0.1) is 5.10 Å². The summed E-state index contributed by atoms with van der Waals surface area (Å²) in [5, 5.41) is 20.6. The molecule has 0 spiro atoms. The molecular formula is C18H24ClN5O2. The number of rotatable bonds is 6. The van der Waals surface area contributed by atoms with Gasteiger partial charge in [0.15, 0.2) is 0 Å². The van der Waals surface area contributed by atoms with Gasteiger partial charge in [-0.3, -0.25) is 4.68 Å². The molecule has 1 aromatic carbocycles. The molecule has 2 N–H and O–H groups in total. The van der Waals surface area contributed by atoms with Gasteiger partial charge in [-0.2, -0.15) is 0 Å². The molecule has 2 amide bonds. The van der Waals surface area contributed by atoms with Crippen molar-refractivity contribution in [1.29, 1.82) is 0 Å². The number of carbonyl (C=O) groups excluding carboxylic acids is 1. The number of para-hydroxylation sites is 1. The second kappa shape index (κ2) is 9.00. The van der Waals surface area contributed by atoms with Crippen LogP contribution >= 0.6 is 11.6 Å². The number of aromatic nitrogens is 3. The maximum Gasteiger partial charge on any atom is 0.321 e. The van der Waals surface area contributed by atoms with Gasteiger partial charge in [0, 0.05) is 32.4 Å². The normalized spacial score (nSPS) is 17.3. The van der Waals surface area contributed by atoms with Crippen molar-refractivity contribution >= 4 is 23.3 Å². The molecule has 0 radical (unpaired) electrons. The number of aliphatic hydroxyl groups is 1. The predicted molar refractivity (Wildman–Crippen MR) is 100 cm³/mol. The molecule has 3 rings (SSSR count). The van der Waals surface area contributed by atoms with Crippen LogP contribution in [0.4, 0.5) is 10.5 Å². The Kier molecular flexibility index (Phi) is 6.46. The molecule has 1 saturated heterocycles. The fraction of sp³-hybridized carbons (Fsp3) is 0.500. The Hall–Kier alpha value is -2.12. The Morgan fingerprint density at radius 1 is 1.38 bits per heavy atom. The Labute approximate surface area is 157 Å². The first-order valence-corrected chi connectivity index (χ1v) is 9.34. The smallest absolute Gasteiger partial charge is 0.321 e. The lowest BCUT2D eigenvalue weighted by molar-refractivity contribution is 0.168. The van der Waals surface area contributed by atoms with Crippen LogP contribution in [-0.4, -0.2) is 50.7 Å². The number of nitrogens with one attached hydrogen (secondary N) is 1. The van der Waals surface area contributed by atoms with Gasteiger partial charge in [-0.25, -0.2) is 4.79 Å². The molecule has 7 nitrogen and oxygen atoms in total. The summed E-state index contributed by atoms with van der Waals surface area (Å²) in [7, 11) is 0. The van der Waals surface area contributed by atoms with Gasteiger partial charge in [-0.05, 0) is 43.7 Å². The van der Waals surface area contributed by atoms with Gasteiger partial charge in [0.05, 0.1) is 16.4 Å². The fourth-order valence-corrected chi connectivity index (χ4v) is 3.41. The number of nitrogens with zero attached hydrogens (tertiary/aromatic N) is 4. The van der Waals surface area contributed by atoms with E-state index in [4.69, 9.17) is 16.7 Å². The first-order chi connectivity index (χ1) is 12.7. The minimum atomic E-state index is -0.120. The van der Waals surface area contributed by atoms with Crippen molar-refractivity contribution in [2.45, 2.75) is 32.2 Å². The Bertz CT molecular complexity index is 736. The van der Waals surface area contributed by atoms with Gasteiger partial charge in [0.25, 0.3) is 0 Å². The summed E-state index contributed by atoms with van der Waals surface area (Å²) in [6, 6.07) is 7.12. The number of halogens is 1. The molecule has 0 saturated carbocycles. The van der Waals surface area contributed by atoms with Crippen LogP contribution < -0.4 is 5.32 Å². The van der Waals surface area contributed by atoms with Crippen molar-refractivity contribution in [2.24, 2.45) is 5.92 Å². The largest absolute Gasteiger partial charge is 0.396 e. The number of likely N-dealkylation sites (tertiary alicyclic amines) is 1. The SMILES string of the molecule is O=C(Nc1ccccc1Cl)N1CCC[C@@H](Cn2cc(CCCO)nn2)C1. The Morgan fingerprint density at radius 2 is 2.23 bits per heavy atom. The first-order valence-electron chi connectivity index (χ1n) is 8.96. The maximum atomic E-state index is 12.5. The number of hydrogen-bond donors (Lipinski definition) is 2. The molecule has 1 aliphatic heterocycles. The van der Waals surface area contributed by atoms with Gasteiger partial charge >= 0.3 is 6.03 Å². The molecule has 140 valence electrons. The molecular weight excluding hydrogens is 354 g/mol. The van der Waals surface area contributed by atoms with Crippen molar-refractivity contribution in [3.8, 4) is 0 Å². The molecule has 26 heavy (non-hydrogen) atoms. The average molecular weight is 378 g/mol. The summed E-state index contributed by atoms with van der Waals surface area (Å²) in [6.07, 6.45) is 5.37. The number of piperidine rings is 1. The van der Waals surface area contributed by atoms with Crippen LogP contribution in [0.25, 0.3) is 0 Å². The van der Waals surface area contributed by atoms with Crippen LogP contribution in [0.5, 0.6) is 0 Å². The van der Waals surface area contributed by atoms with Crippen LogP contribution in [0.2, 0.25) is 5.02 Å². The summed E-state index contributed by atoms with van der Waals surface area (Å²) in [5.74, 6) is 0.341. The van der Waals surface area contributed by atoms with E-state index in [1.54, 1.807) is 12.1 Å². The number of carbonyl (C=O) groups is 1. The predicted octanol–water partition coefficient (Wildman–Crippen LogP) is 2.80. The zero-order chi connectivity index (χ0) is 18.4. The molecule has 0 bridgehead atoms. The third-order valence-corrected chi connectivity index (χ3v) is 4.87. The molecule has 2 heterocycles. The maximum absolute atomic E-state index is 12.5. The van der Waals surface area contributed by atoms with E-state index >= 15 is 0 Å². The lowest BCUT2D eigenvalue weighted by atomic mass is 9.98. The second-order valence-electron chi connectivity index (χ2n) is 6.62. The third kappa shape index (κ3) is 4.95. The van der Waals surface area contributed by atoms with E-state index in [2.05, 4.69) is 15.6 Å². The van der Waals surface area contributed by atoms with E-state index in [9.17, 15) is 4.79 Å². The van der Waals surface area contributed by atoms with Gasteiger partial charge in [0.2, 0.25) is 0 Å². The van der Waals surface area contributed by atoms with E-state index in [-0.39, 0.29) is 12.6 Å². The zero-order valence-corrected chi connectivity index (χ0v) is 15.4. The minimum absolute atomic E-state index is 0.120. The molecule has 1 fully saturated rings. The lowest BCUT2D eigenvalue weighted by Crippen LogP contribution is -2.43. The van der Waals surface area contributed by atoms with Crippen molar-refractivity contribution in [1.82, 2.24) is 19.9 Å². The summed E-state index contributed by atoms with van der Waals surface area (Å²) in [6.45, 7) is 2.32. The molecule has 8 heteroatoms. The van der Waals surface area contributed by atoms with E-state index in [1.165, 1.54) is 0 Å². The van der Waals surface area contributed by atoms with E-state index in [1.807, 2.05) is 27.9 Å². The van der Waals surface area contributed by atoms with E-state index in [0.29, 0.717) is 29.6 Å². The van der Waals surface area contributed by atoms with Crippen LogP contribution in [0.15, 0.2) is 30.5 Å². The number of urea groups is 1. The number of amides is 2. The lowest BCUT2D eigenvalue weighted by Gasteiger charge is -2.32. The Balaban J connectivity index is 1.54. The fourth-order valence-electron chi connectivity index (χ4n) is 3.22. The van der Waals surface area contributed by atoms with Crippen LogP contribution in [0.3, 0.4) is 0 Å². The van der Waals surface area contributed by atoms with Crippen molar-refractivity contribution in [3.63, 3.8) is 0 Å². The molecule has 0 aliphatic carbocycles. The highest BCUT2D eigenvalue weighted by Gasteiger charge is 2.24. The number of anilines is 1. The second-order valence-corrected chi connectivity index (χ2v) is 7.03. The highest BCUT2D eigenvalue weighted by Crippen LogP contribution is 2.23. The van der Waals surface area contributed by atoms with Gasteiger partial charge < -0.3 is 15.3 Å². The van der Waals surface area contributed by atoms with E-state index < -0.39 is 0 Å². The van der Waals surface area contributed by atoms with Gasteiger partial charge in [0.1, 0.15) is 0 Å². The zero-order valence-electron chi connectivity index (χ0n) is 14.6. The van der Waals surface area contributed by atoms with Crippen LogP contribution in [0.1, 0.15) is 25.0 Å². The van der Waals surface area contributed by atoms with E-state index in [0.717, 1.165) is 38.0 Å². The molecule has 0 unspecified atom stereocenters. The van der Waals surface area contributed by atoms with Gasteiger partial charge in [-0.1, -0.05) is 28.9 Å². The number of benzene rings is 1. The summed E-state index contributed by atoms with van der Waals surface area (Å²) < 4.78 is 1.84. The quantitative estimate of drug-likeness (QED) is 0.810. The molecule has 1 atom stereocenters. The van der Waals surface area contributed by atoms with Crippen molar-refractivity contribution in [3.05, 3.63) is 41.2 Å². The Morgan fingerprint density at radius 3 is 3.04 bits per heavy atom. The summed E-state index contributed by atoms with van der Waals surface area (Å²) in [4.78, 5) is 14.4. The summed E-state index contributed by atoms with van der Waals surface area (Å²) >= 11 is 6.11. The highest BCUT2D eigenvalue weighted by molar-refractivity contribution is 6.33. The van der Waals surface area contributed by atoms with Crippen LogP contribution in [-0.2, 0) is 13.0 Å². The number of hydrogen-bond acceptors (Lipinski definition) is 4. The summed E-state index contributed by atoms with van der Waals surface area (Å²) in [5.41, 5.74) is 1.52. The molecule has 1 aliphatic rings.